The van der Waals surface area contributed by atoms with Gasteiger partial charge >= 0.3 is 0 Å². The molecule has 0 aromatic rings. The van der Waals surface area contributed by atoms with E-state index in [1.165, 1.54) is 32.1 Å². The average Bonchev–Trinajstić information content (AvgIpc) is 2.75. The van der Waals surface area contributed by atoms with E-state index in [-0.39, 0.29) is 5.60 Å². The molecule has 0 spiro atoms. The molecule has 0 N–H and O–H groups in total. The molecule has 0 saturated heterocycles. The summed E-state index contributed by atoms with van der Waals surface area (Å²) in [6, 6.07) is 0.388. The summed E-state index contributed by atoms with van der Waals surface area (Å²) in [7, 11) is -1.50. The normalized spacial score (nSPS) is 44.8. The number of fused-ring (bicyclic) bond motifs is 3. The van der Waals surface area contributed by atoms with Crippen LogP contribution < -0.4 is 0 Å². The van der Waals surface area contributed by atoms with Crippen LogP contribution in [-0.4, -0.2) is 26.5 Å². The van der Waals surface area contributed by atoms with Crippen molar-refractivity contribution in [2.45, 2.75) is 63.4 Å². The quantitative estimate of drug-likeness (QED) is 0.691. The molecule has 0 radical (unpaired) electrons. The van der Waals surface area contributed by atoms with Gasteiger partial charge < -0.3 is 4.43 Å². The molecule has 2 saturated carbocycles. The highest BCUT2D eigenvalue weighted by atomic mass is 28.4. The monoisotopic (exact) mass is 252 g/mol. The molecule has 17 heavy (non-hydrogen) atoms. The summed E-state index contributed by atoms with van der Waals surface area (Å²) in [6.45, 7) is 7.89. The van der Waals surface area contributed by atoms with E-state index in [4.69, 9.17) is 4.43 Å². The summed E-state index contributed by atoms with van der Waals surface area (Å²) in [5.41, 5.74) is 0.0768. The first-order valence-electron chi connectivity index (χ1n) is 7.08. The molecule has 2 fully saturated rings. The molecule has 0 aromatic heterocycles. The van der Waals surface area contributed by atoms with Gasteiger partial charge in [0.05, 0.1) is 12.1 Å². The van der Waals surface area contributed by atoms with Crippen LogP contribution in [0.25, 0.3) is 0 Å². The zero-order valence-electron chi connectivity index (χ0n) is 11.3. The Morgan fingerprint density at radius 3 is 2.82 bits per heavy atom. The van der Waals surface area contributed by atoms with Crippen LogP contribution in [0.4, 0.5) is 0 Å². The van der Waals surface area contributed by atoms with Crippen molar-refractivity contribution in [3.8, 4) is 0 Å². The van der Waals surface area contributed by atoms with Crippen molar-refractivity contribution < 1.29 is 4.43 Å². The first-order valence-corrected chi connectivity index (χ1v) is 10.5. The van der Waals surface area contributed by atoms with Gasteiger partial charge in [0.1, 0.15) is 6.04 Å². The number of azo groups is 1. The molecule has 1 heterocycles. The van der Waals surface area contributed by atoms with Crippen LogP contribution in [0.1, 0.15) is 32.1 Å². The van der Waals surface area contributed by atoms with Gasteiger partial charge in [-0.3, -0.25) is 0 Å². The Morgan fingerprint density at radius 1 is 1.24 bits per heavy atom. The molecule has 96 valence electrons. The SMILES string of the molecule is C[Si](C)(C)O[C@@]12CCCC[C@@H]1C[C@H]1CN=N[C@@H]12. The van der Waals surface area contributed by atoms with E-state index < -0.39 is 8.32 Å². The average molecular weight is 252 g/mol. The molecular formula is C13H24N2OSi. The summed E-state index contributed by atoms with van der Waals surface area (Å²) in [5, 5.41) is 8.85. The van der Waals surface area contributed by atoms with Gasteiger partial charge in [-0.25, -0.2) is 0 Å². The zero-order valence-corrected chi connectivity index (χ0v) is 12.3. The molecule has 2 aliphatic carbocycles. The molecule has 1 aliphatic heterocycles. The topological polar surface area (TPSA) is 34.0 Å². The Morgan fingerprint density at radius 2 is 2.06 bits per heavy atom. The first kappa shape index (κ1) is 11.8. The summed E-state index contributed by atoms with van der Waals surface area (Å²) in [6.07, 6.45) is 6.59. The van der Waals surface area contributed by atoms with Gasteiger partial charge in [-0.2, -0.15) is 10.2 Å². The molecule has 0 bridgehead atoms. The van der Waals surface area contributed by atoms with Crippen molar-refractivity contribution in [1.82, 2.24) is 0 Å². The molecule has 0 aromatic carbocycles. The Hall–Kier alpha value is -0.223. The molecule has 4 atom stereocenters. The fourth-order valence-electron chi connectivity index (χ4n) is 4.21. The fraction of sp³-hybridized carbons (Fsp3) is 1.00. The third kappa shape index (κ3) is 1.89. The Kier molecular flexibility index (Phi) is 2.71. The van der Waals surface area contributed by atoms with Gasteiger partial charge in [-0.15, -0.1) is 0 Å². The van der Waals surface area contributed by atoms with Crippen molar-refractivity contribution in [2.75, 3.05) is 6.54 Å². The lowest BCUT2D eigenvalue weighted by Gasteiger charge is -2.45. The molecular weight excluding hydrogens is 228 g/mol. The Bertz CT molecular complexity index is 339. The van der Waals surface area contributed by atoms with Gasteiger partial charge in [0.15, 0.2) is 8.32 Å². The highest BCUT2D eigenvalue weighted by molar-refractivity contribution is 6.69. The van der Waals surface area contributed by atoms with E-state index in [9.17, 15) is 0 Å². The minimum Gasteiger partial charge on any atom is -0.410 e. The van der Waals surface area contributed by atoms with Crippen LogP contribution in [0.5, 0.6) is 0 Å². The molecule has 3 aliphatic rings. The minimum absolute atomic E-state index is 0.0768. The summed E-state index contributed by atoms with van der Waals surface area (Å²) >= 11 is 0. The van der Waals surface area contributed by atoms with Gasteiger partial charge in [-0.1, -0.05) is 12.8 Å². The van der Waals surface area contributed by atoms with E-state index in [2.05, 4.69) is 29.9 Å². The molecule has 3 nitrogen and oxygen atoms in total. The minimum atomic E-state index is -1.50. The smallest absolute Gasteiger partial charge is 0.184 e. The van der Waals surface area contributed by atoms with Crippen molar-refractivity contribution in [3.63, 3.8) is 0 Å². The second-order valence-electron chi connectivity index (χ2n) is 6.99. The van der Waals surface area contributed by atoms with E-state index in [1.54, 1.807) is 0 Å². The maximum absolute atomic E-state index is 6.69. The Balaban J connectivity index is 1.92. The Labute approximate surface area is 105 Å². The summed E-state index contributed by atoms with van der Waals surface area (Å²) in [4.78, 5) is 0. The third-order valence-electron chi connectivity index (χ3n) is 4.61. The zero-order chi connectivity index (χ0) is 12.1. The summed E-state index contributed by atoms with van der Waals surface area (Å²) < 4.78 is 6.69. The highest BCUT2D eigenvalue weighted by Gasteiger charge is 2.59. The van der Waals surface area contributed by atoms with Gasteiger partial charge in [0, 0.05) is 5.92 Å². The fourth-order valence-corrected chi connectivity index (χ4v) is 5.74. The van der Waals surface area contributed by atoms with Crippen LogP contribution in [0, 0.1) is 11.8 Å². The first-order chi connectivity index (χ1) is 8.01. The van der Waals surface area contributed by atoms with E-state index in [0.29, 0.717) is 12.0 Å². The van der Waals surface area contributed by atoms with Gasteiger partial charge in [0.2, 0.25) is 0 Å². The van der Waals surface area contributed by atoms with Crippen LogP contribution in [0.15, 0.2) is 10.2 Å². The second-order valence-corrected chi connectivity index (χ2v) is 11.4. The molecule has 3 rings (SSSR count). The van der Waals surface area contributed by atoms with Crippen molar-refractivity contribution >= 4 is 8.32 Å². The van der Waals surface area contributed by atoms with Crippen molar-refractivity contribution in [2.24, 2.45) is 22.1 Å². The maximum atomic E-state index is 6.69. The van der Waals surface area contributed by atoms with Crippen molar-refractivity contribution in [1.29, 1.82) is 0 Å². The predicted molar refractivity (Wildman–Crippen MR) is 70.7 cm³/mol. The molecule has 4 heteroatoms. The maximum Gasteiger partial charge on any atom is 0.184 e. The highest BCUT2D eigenvalue weighted by Crippen LogP contribution is 2.54. The number of hydrogen-bond donors (Lipinski definition) is 0. The standard InChI is InChI=1S/C13H24N2OSi/c1-17(2,3)16-13-7-5-4-6-11(13)8-10-9-14-15-12(10)13/h10-12H,4-9H2,1-3H3/t10-,11+,12-,13-/m0/s1. The molecule has 0 unspecified atom stereocenters. The van der Waals surface area contributed by atoms with Crippen LogP contribution in [-0.2, 0) is 4.43 Å². The van der Waals surface area contributed by atoms with Crippen LogP contribution in [0.3, 0.4) is 0 Å². The van der Waals surface area contributed by atoms with Gasteiger partial charge in [0.25, 0.3) is 0 Å². The van der Waals surface area contributed by atoms with E-state index >= 15 is 0 Å². The predicted octanol–water partition coefficient (Wildman–Crippen LogP) is 3.62. The van der Waals surface area contributed by atoms with Gasteiger partial charge in [-0.05, 0) is 44.8 Å². The van der Waals surface area contributed by atoms with Crippen LogP contribution >= 0.6 is 0 Å². The largest absolute Gasteiger partial charge is 0.410 e. The van der Waals surface area contributed by atoms with Crippen LogP contribution in [0.2, 0.25) is 19.6 Å². The van der Waals surface area contributed by atoms with Crippen molar-refractivity contribution in [3.05, 3.63) is 0 Å². The second kappa shape index (κ2) is 3.89. The summed E-state index contributed by atoms with van der Waals surface area (Å²) in [5.74, 6) is 1.45. The lowest BCUT2D eigenvalue weighted by molar-refractivity contribution is -0.0224. The van der Waals surface area contributed by atoms with E-state index in [1.807, 2.05) is 0 Å². The number of hydrogen-bond acceptors (Lipinski definition) is 3. The van der Waals surface area contributed by atoms with E-state index in [0.717, 1.165) is 12.5 Å². The lowest BCUT2D eigenvalue weighted by atomic mass is 9.76. The molecule has 0 amide bonds. The number of nitrogens with zero attached hydrogens (tertiary/aromatic N) is 2. The lowest BCUT2D eigenvalue weighted by Crippen LogP contribution is -2.53. The number of rotatable bonds is 2. The third-order valence-corrected chi connectivity index (χ3v) is 5.61.